The van der Waals surface area contributed by atoms with Gasteiger partial charge in [-0.2, -0.15) is 5.26 Å². The third kappa shape index (κ3) is 6.78. The number of benzene rings is 1. The van der Waals surface area contributed by atoms with E-state index in [2.05, 4.69) is 21.6 Å². The lowest BCUT2D eigenvalue weighted by atomic mass is 9.74. The van der Waals surface area contributed by atoms with E-state index < -0.39 is 6.10 Å². The molecule has 2 aliphatic heterocycles. The van der Waals surface area contributed by atoms with Crippen LogP contribution in [0.1, 0.15) is 24.8 Å². The van der Waals surface area contributed by atoms with Gasteiger partial charge in [0.05, 0.1) is 56.0 Å². The van der Waals surface area contributed by atoms with E-state index in [-0.39, 0.29) is 41.9 Å². The summed E-state index contributed by atoms with van der Waals surface area (Å²) in [6, 6.07) is 7.42. The third-order valence-corrected chi connectivity index (χ3v) is 7.68. The number of carbonyl (C=O) groups is 1. The summed E-state index contributed by atoms with van der Waals surface area (Å²) in [5.41, 5.74) is 1.27. The number of ether oxygens (including phenoxy) is 3. The Kier molecular flexibility index (Phi) is 9.09. The maximum Gasteiger partial charge on any atom is 0.225 e. The number of aliphatic hydroxyl groups is 1. The fourth-order valence-corrected chi connectivity index (χ4v) is 5.66. The summed E-state index contributed by atoms with van der Waals surface area (Å²) in [7, 11) is 1.53. The number of piperidine rings is 1. The number of aliphatic hydroxyl groups excluding tert-OH is 1. The number of hydrogen-bond donors (Lipinski definition) is 3. The first-order valence-corrected chi connectivity index (χ1v) is 12.8. The lowest BCUT2D eigenvalue weighted by Crippen LogP contribution is -2.56. The lowest BCUT2D eigenvalue weighted by molar-refractivity contribution is -0.131. The minimum Gasteiger partial charge on any atom is -0.495 e. The quantitative estimate of drug-likeness (QED) is 0.432. The summed E-state index contributed by atoms with van der Waals surface area (Å²) in [5, 5.41) is 25.9. The third-order valence-electron chi connectivity index (χ3n) is 7.22. The number of fused-ring (bicyclic) bond motifs is 1. The summed E-state index contributed by atoms with van der Waals surface area (Å²) in [4.78, 5) is 15.0. The summed E-state index contributed by atoms with van der Waals surface area (Å²) >= 11 is 6.69. The average Bonchev–Trinajstić information content (AvgIpc) is 2.87. The number of nitriles is 1. The molecule has 0 aromatic heterocycles. The Labute approximate surface area is 211 Å². The zero-order valence-electron chi connectivity index (χ0n) is 20.1. The Morgan fingerprint density at radius 1 is 1.34 bits per heavy atom. The van der Waals surface area contributed by atoms with E-state index in [4.69, 9.17) is 31.1 Å². The van der Waals surface area contributed by atoms with Crippen LogP contribution in [-0.4, -0.2) is 92.6 Å². The maximum absolute atomic E-state index is 12.8. The molecule has 35 heavy (non-hydrogen) atoms. The molecule has 0 bridgehead atoms. The first-order valence-electron chi connectivity index (χ1n) is 12.3. The first kappa shape index (κ1) is 26.0. The van der Waals surface area contributed by atoms with Crippen molar-refractivity contribution in [1.82, 2.24) is 10.2 Å². The fraction of sp³-hybridized carbons (Fsp3) is 0.680. The molecule has 0 radical (unpaired) electrons. The maximum atomic E-state index is 12.8. The minimum absolute atomic E-state index is 0.0264. The molecule has 10 heteroatoms. The van der Waals surface area contributed by atoms with Crippen molar-refractivity contribution in [1.29, 1.82) is 5.26 Å². The molecule has 1 aromatic rings. The summed E-state index contributed by atoms with van der Waals surface area (Å²) in [5.74, 6) is 0.646. The van der Waals surface area contributed by atoms with Crippen LogP contribution in [0.3, 0.4) is 0 Å². The Bertz CT molecular complexity index is 906. The second-order valence-electron chi connectivity index (χ2n) is 9.64. The number of nitrogens with one attached hydrogen (secondary N) is 2. The van der Waals surface area contributed by atoms with E-state index in [1.807, 2.05) is 6.07 Å². The van der Waals surface area contributed by atoms with E-state index in [0.29, 0.717) is 44.0 Å². The zero-order chi connectivity index (χ0) is 24.8. The molecule has 1 amide bonds. The molecule has 6 unspecified atom stereocenters. The molecule has 6 atom stereocenters. The zero-order valence-corrected chi connectivity index (χ0v) is 20.9. The number of hydrogen-bond acceptors (Lipinski definition) is 8. The van der Waals surface area contributed by atoms with Crippen LogP contribution in [0.5, 0.6) is 5.75 Å². The second-order valence-corrected chi connectivity index (χ2v) is 10.2. The normalized spacial score (nSPS) is 30.0. The van der Waals surface area contributed by atoms with E-state index in [9.17, 15) is 9.90 Å². The molecular weight excluding hydrogens is 472 g/mol. The number of morpholine rings is 1. The number of carbonyl (C=O) groups excluding carboxylic acids is 1. The number of nitrogens with zero attached hydrogens (tertiary/aromatic N) is 2. The number of amides is 1. The molecule has 192 valence electrons. The molecule has 2 heterocycles. The van der Waals surface area contributed by atoms with Crippen LogP contribution in [0, 0.1) is 23.2 Å². The van der Waals surface area contributed by atoms with Gasteiger partial charge >= 0.3 is 0 Å². The number of methoxy groups -OCH3 is 1. The van der Waals surface area contributed by atoms with Gasteiger partial charge in [0.25, 0.3) is 0 Å². The van der Waals surface area contributed by atoms with Crippen LogP contribution < -0.4 is 15.4 Å². The summed E-state index contributed by atoms with van der Waals surface area (Å²) < 4.78 is 16.6. The first-order chi connectivity index (χ1) is 17.0. The predicted molar refractivity (Wildman–Crippen MR) is 132 cm³/mol. The SMILES string of the molecule is COc1cc(NCC2CC3CC(Cl)C(OCC(O)CN4CCOCC4)CC3NC2=O)ccc1C#N. The number of halogens is 1. The van der Waals surface area contributed by atoms with Crippen LogP contribution in [0.25, 0.3) is 0 Å². The summed E-state index contributed by atoms with van der Waals surface area (Å²) in [6.45, 7) is 4.32. The fourth-order valence-electron chi connectivity index (χ4n) is 5.26. The van der Waals surface area contributed by atoms with E-state index >= 15 is 0 Å². The summed E-state index contributed by atoms with van der Waals surface area (Å²) in [6.07, 6.45) is 1.40. The molecule has 3 fully saturated rings. The Morgan fingerprint density at radius 2 is 2.14 bits per heavy atom. The Hall–Kier alpha value is -2.09. The van der Waals surface area contributed by atoms with Gasteiger partial charge in [0.15, 0.2) is 0 Å². The molecule has 3 N–H and O–H groups in total. The van der Waals surface area contributed by atoms with E-state index in [1.54, 1.807) is 12.1 Å². The van der Waals surface area contributed by atoms with Gasteiger partial charge in [-0.05, 0) is 37.3 Å². The van der Waals surface area contributed by atoms with Crippen molar-refractivity contribution < 1.29 is 24.1 Å². The highest BCUT2D eigenvalue weighted by molar-refractivity contribution is 6.21. The topological polar surface area (TPSA) is 116 Å². The van der Waals surface area contributed by atoms with Crippen molar-refractivity contribution in [3.05, 3.63) is 23.8 Å². The van der Waals surface area contributed by atoms with Crippen LogP contribution >= 0.6 is 11.6 Å². The molecule has 2 saturated heterocycles. The van der Waals surface area contributed by atoms with Gasteiger partial charge in [0, 0.05) is 44.0 Å². The smallest absolute Gasteiger partial charge is 0.225 e. The van der Waals surface area contributed by atoms with Crippen molar-refractivity contribution >= 4 is 23.2 Å². The monoisotopic (exact) mass is 506 g/mol. The Morgan fingerprint density at radius 3 is 2.89 bits per heavy atom. The van der Waals surface area contributed by atoms with Gasteiger partial charge < -0.3 is 30.0 Å². The van der Waals surface area contributed by atoms with E-state index in [1.165, 1.54) is 7.11 Å². The molecular formula is C25H35ClN4O5. The number of alkyl halides is 1. The molecule has 9 nitrogen and oxygen atoms in total. The van der Waals surface area contributed by atoms with Crippen LogP contribution in [0.15, 0.2) is 18.2 Å². The van der Waals surface area contributed by atoms with Crippen LogP contribution in [-0.2, 0) is 14.3 Å². The minimum atomic E-state index is -0.577. The molecule has 1 saturated carbocycles. The van der Waals surface area contributed by atoms with Gasteiger partial charge in [-0.3, -0.25) is 9.69 Å². The molecule has 4 rings (SSSR count). The number of β-amino-alcohol motifs (C(OH)–C–C–N with tert-alkyl or cyclic N) is 1. The van der Waals surface area contributed by atoms with Crippen molar-refractivity contribution in [3.63, 3.8) is 0 Å². The van der Waals surface area contributed by atoms with E-state index in [0.717, 1.165) is 31.6 Å². The predicted octanol–water partition coefficient (Wildman–Crippen LogP) is 1.58. The van der Waals surface area contributed by atoms with Gasteiger partial charge in [-0.1, -0.05) is 0 Å². The van der Waals surface area contributed by atoms with Gasteiger partial charge in [0.2, 0.25) is 5.91 Å². The van der Waals surface area contributed by atoms with Crippen molar-refractivity contribution in [2.24, 2.45) is 11.8 Å². The van der Waals surface area contributed by atoms with Gasteiger partial charge in [-0.15, -0.1) is 11.6 Å². The molecule has 1 aliphatic carbocycles. The van der Waals surface area contributed by atoms with Crippen molar-refractivity contribution in [2.75, 3.05) is 58.4 Å². The molecule has 3 aliphatic rings. The standard InChI is InChI=1S/C25H35ClN4O5/c1-33-23-10-19(3-2-16(23)12-27)28-13-18-8-17-9-21(26)24(11-22(17)29-25(18)32)35-15-20(31)14-30-4-6-34-7-5-30/h2-3,10,17-18,20-22,24,28,31H,4-9,11,13-15H2,1H3,(H,29,32). The van der Waals surface area contributed by atoms with Gasteiger partial charge in [0.1, 0.15) is 11.8 Å². The highest BCUT2D eigenvalue weighted by atomic mass is 35.5. The number of rotatable bonds is 9. The number of anilines is 1. The molecule has 0 spiro atoms. The van der Waals surface area contributed by atoms with Crippen molar-refractivity contribution in [2.45, 2.75) is 42.9 Å². The Balaban J connectivity index is 1.24. The van der Waals surface area contributed by atoms with Crippen LogP contribution in [0.2, 0.25) is 0 Å². The highest BCUT2D eigenvalue weighted by Gasteiger charge is 2.43. The lowest BCUT2D eigenvalue weighted by Gasteiger charge is -2.44. The second kappa shape index (κ2) is 12.2. The van der Waals surface area contributed by atoms with Gasteiger partial charge in [-0.25, -0.2) is 0 Å². The van der Waals surface area contributed by atoms with Crippen molar-refractivity contribution in [3.8, 4) is 11.8 Å². The largest absolute Gasteiger partial charge is 0.495 e. The van der Waals surface area contributed by atoms with Crippen LogP contribution in [0.4, 0.5) is 5.69 Å². The highest BCUT2D eigenvalue weighted by Crippen LogP contribution is 2.37. The molecule has 1 aromatic carbocycles. The average molecular weight is 507 g/mol.